The zero-order chi connectivity index (χ0) is 36.4. The number of benzene rings is 8. The highest BCUT2D eigenvalue weighted by Crippen LogP contribution is 2.54. The molecule has 0 amide bonds. The van der Waals surface area contributed by atoms with Gasteiger partial charge in [-0.25, -0.2) is 0 Å². The Bertz CT molecular complexity index is 2830. The minimum absolute atomic E-state index is 0.182. The van der Waals surface area contributed by atoms with E-state index < -0.39 is 0 Å². The number of rotatable bonds is 5. The molecule has 0 spiro atoms. The van der Waals surface area contributed by atoms with E-state index in [4.69, 9.17) is 0 Å². The third-order valence-corrected chi connectivity index (χ3v) is 11.7. The van der Waals surface area contributed by atoms with Crippen LogP contribution in [0.2, 0.25) is 0 Å². The first kappa shape index (κ1) is 32.9. The van der Waals surface area contributed by atoms with E-state index in [0.717, 1.165) is 0 Å². The summed E-state index contributed by atoms with van der Waals surface area (Å²) in [7, 11) is 0. The molecular formula is C53H44. The molecule has 1 aliphatic rings. The van der Waals surface area contributed by atoms with Crippen LogP contribution in [0.25, 0.3) is 89.0 Å². The van der Waals surface area contributed by atoms with Gasteiger partial charge in [-0.1, -0.05) is 153 Å². The van der Waals surface area contributed by atoms with Crippen molar-refractivity contribution in [1.29, 1.82) is 0 Å². The van der Waals surface area contributed by atoms with E-state index in [1.54, 1.807) is 0 Å². The SMILES string of the molecule is C/C=C\c1ccc(-c2c3ccccc3c(-c3ccc(/C=C\C)c(C)c3)c3cc4c(cc23)-c2ccc(-c3cccc5ccccc35)cc2C4(C)C)cc1C. The Morgan fingerprint density at radius 1 is 0.415 bits per heavy atom. The molecule has 0 saturated carbocycles. The Labute approximate surface area is 313 Å². The predicted molar refractivity (Wildman–Crippen MR) is 232 cm³/mol. The molecule has 0 N–H and O–H groups in total. The van der Waals surface area contributed by atoms with Crippen LogP contribution in [0.15, 0.2) is 146 Å². The normalized spacial score (nSPS) is 13.5. The van der Waals surface area contributed by atoms with Crippen molar-refractivity contribution in [2.24, 2.45) is 0 Å². The van der Waals surface area contributed by atoms with Crippen LogP contribution in [-0.2, 0) is 5.41 Å². The molecule has 0 radical (unpaired) electrons. The van der Waals surface area contributed by atoms with Crippen molar-refractivity contribution in [2.45, 2.75) is 47.0 Å². The Morgan fingerprint density at radius 2 is 0.943 bits per heavy atom. The van der Waals surface area contributed by atoms with Gasteiger partial charge in [-0.3, -0.25) is 0 Å². The van der Waals surface area contributed by atoms with Crippen molar-refractivity contribution in [1.82, 2.24) is 0 Å². The Morgan fingerprint density at radius 3 is 1.55 bits per heavy atom. The summed E-state index contributed by atoms with van der Waals surface area (Å²) in [4.78, 5) is 0. The molecule has 0 atom stereocenters. The maximum absolute atomic E-state index is 2.55. The number of hydrogen-bond acceptors (Lipinski definition) is 0. The van der Waals surface area contributed by atoms with Crippen LogP contribution >= 0.6 is 0 Å². The highest BCUT2D eigenvalue weighted by molar-refractivity contribution is 6.22. The van der Waals surface area contributed by atoms with Gasteiger partial charge in [0, 0.05) is 5.41 Å². The first-order chi connectivity index (χ1) is 25.8. The molecule has 0 bridgehead atoms. The highest BCUT2D eigenvalue weighted by atomic mass is 14.4. The van der Waals surface area contributed by atoms with Crippen LogP contribution in [0.5, 0.6) is 0 Å². The number of fused-ring (bicyclic) bond motifs is 6. The standard InChI is InChI=1S/C53H44/c1-7-14-35-22-24-39(28-33(35)3)51-44-19-11-12-20-45(44)52(40-25-23-36(15-8-2)34(4)29-40)48-32-50-46(31-47(48)51)43-27-26-38(30-49(43)53(50,5)6)42-21-13-17-37-16-9-10-18-41(37)42/h7-32H,1-6H3/b14-7-,15-8-. The molecule has 9 rings (SSSR count). The van der Waals surface area contributed by atoms with Crippen molar-refractivity contribution < 1.29 is 0 Å². The van der Waals surface area contributed by atoms with E-state index >= 15 is 0 Å². The summed E-state index contributed by atoms with van der Waals surface area (Å²) < 4.78 is 0. The van der Waals surface area contributed by atoms with Gasteiger partial charge in [-0.05, 0) is 156 Å². The second-order valence-corrected chi connectivity index (χ2v) is 15.3. The lowest BCUT2D eigenvalue weighted by atomic mass is 9.79. The van der Waals surface area contributed by atoms with Gasteiger partial charge in [-0.2, -0.15) is 0 Å². The predicted octanol–water partition coefficient (Wildman–Crippen LogP) is 15.1. The smallest absolute Gasteiger partial charge is 0.0159 e. The summed E-state index contributed by atoms with van der Waals surface area (Å²) in [5.41, 5.74) is 18.0. The lowest BCUT2D eigenvalue weighted by molar-refractivity contribution is 0.661. The monoisotopic (exact) mass is 680 g/mol. The van der Waals surface area contributed by atoms with Gasteiger partial charge in [0.25, 0.3) is 0 Å². The van der Waals surface area contributed by atoms with E-state index in [0.29, 0.717) is 0 Å². The molecule has 0 unspecified atom stereocenters. The second kappa shape index (κ2) is 12.6. The third-order valence-electron chi connectivity index (χ3n) is 11.7. The van der Waals surface area contributed by atoms with Crippen LogP contribution < -0.4 is 0 Å². The van der Waals surface area contributed by atoms with Gasteiger partial charge < -0.3 is 0 Å². The van der Waals surface area contributed by atoms with Gasteiger partial charge in [-0.15, -0.1) is 0 Å². The molecule has 0 saturated heterocycles. The summed E-state index contributed by atoms with van der Waals surface area (Å²) in [6.07, 6.45) is 8.66. The van der Waals surface area contributed by atoms with E-state index in [1.165, 1.54) is 110 Å². The van der Waals surface area contributed by atoms with Gasteiger partial charge >= 0.3 is 0 Å². The van der Waals surface area contributed by atoms with Gasteiger partial charge in [0.2, 0.25) is 0 Å². The zero-order valence-corrected chi connectivity index (χ0v) is 31.5. The van der Waals surface area contributed by atoms with Gasteiger partial charge in [0.15, 0.2) is 0 Å². The average Bonchev–Trinajstić information content (AvgIpc) is 3.39. The van der Waals surface area contributed by atoms with E-state index in [-0.39, 0.29) is 5.41 Å². The molecule has 0 heteroatoms. The van der Waals surface area contributed by atoms with E-state index in [2.05, 4.69) is 199 Å². The quantitative estimate of drug-likeness (QED) is 0.159. The summed E-state index contributed by atoms with van der Waals surface area (Å²) in [6.45, 7) is 13.5. The number of hydrogen-bond donors (Lipinski definition) is 0. The first-order valence-electron chi connectivity index (χ1n) is 18.9. The maximum Gasteiger partial charge on any atom is 0.0159 e. The first-order valence-corrected chi connectivity index (χ1v) is 18.9. The molecule has 0 aliphatic heterocycles. The summed E-state index contributed by atoms with van der Waals surface area (Å²) in [6, 6.07) is 50.7. The van der Waals surface area contributed by atoms with Gasteiger partial charge in [0.05, 0.1) is 0 Å². The van der Waals surface area contributed by atoms with Crippen molar-refractivity contribution in [3.63, 3.8) is 0 Å². The Kier molecular flexibility index (Phi) is 7.82. The summed E-state index contributed by atoms with van der Waals surface area (Å²) in [5.74, 6) is 0. The lowest BCUT2D eigenvalue weighted by Gasteiger charge is -2.24. The van der Waals surface area contributed by atoms with Gasteiger partial charge in [0.1, 0.15) is 0 Å². The fourth-order valence-corrected chi connectivity index (χ4v) is 9.07. The number of aryl methyl sites for hydroxylation is 2. The minimum atomic E-state index is -0.182. The third kappa shape index (κ3) is 5.19. The Balaban J connectivity index is 1.36. The molecule has 0 heterocycles. The molecule has 0 aromatic heterocycles. The topological polar surface area (TPSA) is 0 Å². The molecule has 0 fully saturated rings. The maximum atomic E-state index is 2.55. The van der Waals surface area contributed by atoms with E-state index in [1.807, 2.05) is 0 Å². The minimum Gasteiger partial charge on any atom is -0.0871 e. The molecule has 0 nitrogen and oxygen atoms in total. The average molecular weight is 681 g/mol. The zero-order valence-electron chi connectivity index (χ0n) is 31.5. The van der Waals surface area contributed by atoms with Crippen molar-refractivity contribution in [3.8, 4) is 44.5 Å². The highest BCUT2D eigenvalue weighted by Gasteiger charge is 2.37. The van der Waals surface area contributed by atoms with Crippen molar-refractivity contribution in [2.75, 3.05) is 0 Å². The second-order valence-electron chi connectivity index (χ2n) is 15.3. The largest absolute Gasteiger partial charge is 0.0871 e. The molecule has 53 heavy (non-hydrogen) atoms. The van der Waals surface area contributed by atoms with Crippen molar-refractivity contribution >= 4 is 44.5 Å². The lowest BCUT2D eigenvalue weighted by Crippen LogP contribution is -2.15. The molecule has 256 valence electrons. The van der Waals surface area contributed by atoms with Crippen LogP contribution in [0.1, 0.15) is 61.1 Å². The fraction of sp³-hybridized carbons (Fsp3) is 0.132. The molecular weight excluding hydrogens is 637 g/mol. The van der Waals surface area contributed by atoms with Crippen LogP contribution in [-0.4, -0.2) is 0 Å². The summed E-state index contributed by atoms with van der Waals surface area (Å²) >= 11 is 0. The number of allylic oxidation sites excluding steroid dienone is 2. The van der Waals surface area contributed by atoms with Crippen molar-refractivity contribution in [3.05, 3.63) is 179 Å². The van der Waals surface area contributed by atoms with Crippen LogP contribution in [0.4, 0.5) is 0 Å². The Hall–Kier alpha value is -5.98. The van der Waals surface area contributed by atoms with Crippen LogP contribution in [0, 0.1) is 13.8 Å². The van der Waals surface area contributed by atoms with E-state index in [9.17, 15) is 0 Å². The summed E-state index contributed by atoms with van der Waals surface area (Å²) in [5, 5.41) is 7.74. The fourth-order valence-electron chi connectivity index (χ4n) is 9.07. The molecule has 8 aromatic carbocycles. The molecule has 1 aliphatic carbocycles. The van der Waals surface area contributed by atoms with Crippen LogP contribution in [0.3, 0.4) is 0 Å². The molecule has 8 aromatic rings.